The lowest BCUT2D eigenvalue weighted by molar-refractivity contribution is 1.37. The van der Waals surface area contributed by atoms with Gasteiger partial charge in [-0.1, -0.05) is 54.6 Å². The summed E-state index contributed by atoms with van der Waals surface area (Å²) in [6.45, 7) is 0. The van der Waals surface area contributed by atoms with Gasteiger partial charge < -0.3 is 4.98 Å². The largest absolute Gasteiger partial charge is 0.354 e. The van der Waals surface area contributed by atoms with Gasteiger partial charge in [0.25, 0.3) is 0 Å². The van der Waals surface area contributed by atoms with E-state index in [-0.39, 0.29) is 0 Å². The van der Waals surface area contributed by atoms with Crippen LogP contribution in [0, 0.1) is 10.4 Å². The van der Waals surface area contributed by atoms with Crippen molar-refractivity contribution in [3.8, 4) is 11.1 Å². The highest BCUT2D eigenvalue weighted by molar-refractivity contribution is 6.11. The summed E-state index contributed by atoms with van der Waals surface area (Å²) in [5.41, 5.74) is 6.67. The Morgan fingerprint density at radius 1 is 0.741 bits per heavy atom. The van der Waals surface area contributed by atoms with Crippen LogP contribution in [0.2, 0.25) is 0 Å². The second-order valence-corrected chi connectivity index (χ2v) is 7.13. The number of hydrogen-bond acceptors (Lipinski definition) is 2. The number of nitrogens with one attached hydrogen (secondary N) is 1. The monoisotopic (exact) mass is 343 g/mol. The molecule has 0 amide bonds. The smallest absolute Gasteiger partial charge is 0.0838 e. The Morgan fingerprint density at radius 2 is 1.56 bits per heavy atom. The lowest BCUT2D eigenvalue weighted by Gasteiger charge is -2.04. The first-order chi connectivity index (χ1) is 13.4. The molecule has 0 bridgehead atoms. The number of aromatic nitrogens is 1. The van der Waals surface area contributed by atoms with Gasteiger partial charge in [0.2, 0.25) is 0 Å². The van der Waals surface area contributed by atoms with E-state index < -0.39 is 0 Å². The number of rotatable bonds is 0. The number of nitrogens with zero attached hydrogens (tertiary/aromatic N) is 2. The summed E-state index contributed by atoms with van der Waals surface area (Å²) in [5, 5.41) is 6.87. The maximum absolute atomic E-state index is 5.03. The van der Waals surface area contributed by atoms with Crippen molar-refractivity contribution in [1.82, 2.24) is 4.98 Å². The molecule has 124 valence electrons. The van der Waals surface area contributed by atoms with E-state index in [4.69, 9.17) is 9.98 Å². The van der Waals surface area contributed by atoms with Gasteiger partial charge in [0.15, 0.2) is 0 Å². The van der Waals surface area contributed by atoms with E-state index in [2.05, 4.69) is 71.7 Å². The Balaban J connectivity index is 1.90. The molecule has 0 spiro atoms. The van der Waals surface area contributed by atoms with Gasteiger partial charge >= 0.3 is 0 Å². The fourth-order valence-electron chi connectivity index (χ4n) is 4.60. The summed E-state index contributed by atoms with van der Waals surface area (Å²) in [6, 6.07) is 25.2. The topological polar surface area (TPSA) is 40.5 Å². The molecule has 27 heavy (non-hydrogen) atoms. The van der Waals surface area contributed by atoms with Crippen LogP contribution in [0.5, 0.6) is 0 Å². The standard InChI is InChI=1S/C24H13N3/c1-4-10-16-13(7-1)19-22(25-16)20-15-9-3-6-12-18(15)27-24(20)21-14-8-2-5-11-17(14)26-23(19)21/h1-12,25H. The molecule has 0 atom stereocenters. The van der Waals surface area contributed by atoms with Crippen molar-refractivity contribution in [1.29, 1.82) is 0 Å². The highest BCUT2D eigenvalue weighted by Gasteiger charge is 2.25. The van der Waals surface area contributed by atoms with Crippen molar-refractivity contribution in [3.05, 3.63) is 93.9 Å². The second-order valence-electron chi connectivity index (χ2n) is 7.13. The molecule has 0 fully saturated rings. The predicted octanol–water partition coefficient (Wildman–Crippen LogP) is 4.80. The van der Waals surface area contributed by atoms with E-state index in [1.165, 1.54) is 26.8 Å². The maximum atomic E-state index is 5.03. The summed E-state index contributed by atoms with van der Waals surface area (Å²) in [7, 11) is 0. The Labute approximate surface area is 153 Å². The molecule has 0 aliphatic carbocycles. The van der Waals surface area contributed by atoms with Crippen LogP contribution in [0.4, 0.5) is 11.4 Å². The number of para-hydroxylation sites is 3. The van der Waals surface area contributed by atoms with Crippen LogP contribution < -0.4 is 10.7 Å². The lowest BCUT2D eigenvalue weighted by atomic mass is 9.99. The third-order valence-corrected chi connectivity index (χ3v) is 5.71. The SMILES string of the molecule is c1ccc2c(c1)N=c1c-2c2c(c3[nH]c4ccccc4c13)=c1ccccc1=N2. The number of fused-ring (bicyclic) bond motifs is 11. The van der Waals surface area contributed by atoms with Gasteiger partial charge in [-0.15, -0.1) is 0 Å². The molecule has 2 aliphatic heterocycles. The van der Waals surface area contributed by atoms with Gasteiger partial charge in [0.1, 0.15) is 0 Å². The van der Waals surface area contributed by atoms with E-state index >= 15 is 0 Å². The van der Waals surface area contributed by atoms with Gasteiger partial charge in [0.05, 0.1) is 27.6 Å². The number of aromatic amines is 1. The molecule has 3 nitrogen and oxygen atoms in total. The highest BCUT2D eigenvalue weighted by atomic mass is 14.8. The molecule has 2 aliphatic rings. The van der Waals surface area contributed by atoms with Crippen molar-refractivity contribution in [2.75, 3.05) is 0 Å². The summed E-state index contributed by atoms with van der Waals surface area (Å²) in [5.74, 6) is 0. The zero-order chi connectivity index (χ0) is 17.5. The molecule has 7 rings (SSSR count). The van der Waals surface area contributed by atoms with Crippen molar-refractivity contribution in [2.24, 2.45) is 9.98 Å². The van der Waals surface area contributed by atoms with Crippen molar-refractivity contribution in [2.45, 2.75) is 0 Å². The number of hydrogen-bond donors (Lipinski definition) is 1. The lowest BCUT2D eigenvalue weighted by Crippen LogP contribution is -2.03. The van der Waals surface area contributed by atoms with E-state index in [1.54, 1.807) is 0 Å². The average molecular weight is 343 g/mol. The predicted molar refractivity (Wildman–Crippen MR) is 107 cm³/mol. The molecular formula is C24H13N3. The molecule has 1 N–H and O–H groups in total. The fourth-order valence-corrected chi connectivity index (χ4v) is 4.60. The van der Waals surface area contributed by atoms with Crippen molar-refractivity contribution >= 4 is 33.2 Å². The first kappa shape index (κ1) is 13.5. The normalized spacial score (nSPS) is 13.0. The van der Waals surface area contributed by atoms with Gasteiger partial charge in [-0.05, 0) is 18.2 Å². The molecule has 5 aromatic rings. The molecule has 0 radical (unpaired) electrons. The number of H-pyrrole nitrogens is 1. The highest BCUT2D eigenvalue weighted by Crippen LogP contribution is 2.42. The van der Waals surface area contributed by atoms with Crippen LogP contribution in [0.3, 0.4) is 0 Å². The van der Waals surface area contributed by atoms with Crippen LogP contribution >= 0.6 is 0 Å². The van der Waals surface area contributed by atoms with Crippen LogP contribution in [0.15, 0.2) is 82.8 Å². The van der Waals surface area contributed by atoms with E-state index in [0.29, 0.717) is 0 Å². The molecule has 0 saturated carbocycles. The Hall–Kier alpha value is -3.72. The van der Waals surface area contributed by atoms with E-state index in [0.717, 1.165) is 38.7 Å². The minimum Gasteiger partial charge on any atom is -0.354 e. The zero-order valence-corrected chi connectivity index (χ0v) is 14.3. The molecular weight excluding hydrogens is 330 g/mol. The molecule has 3 heteroatoms. The summed E-state index contributed by atoms with van der Waals surface area (Å²) < 4.78 is 0. The van der Waals surface area contributed by atoms with E-state index in [1.807, 2.05) is 6.07 Å². The molecule has 4 aromatic carbocycles. The van der Waals surface area contributed by atoms with Crippen molar-refractivity contribution < 1.29 is 0 Å². The molecule has 1 aromatic heterocycles. The van der Waals surface area contributed by atoms with Crippen LogP contribution in [0.25, 0.3) is 32.9 Å². The fraction of sp³-hybridized carbons (Fsp3) is 0. The summed E-state index contributed by atoms with van der Waals surface area (Å²) >= 11 is 0. The third kappa shape index (κ3) is 1.53. The van der Waals surface area contributed by atoms with Gasteiger partial charge in [-0.2, -0.15) is 0 Å². The zero-order valence-electron chi connectivity index (χ0n) is 14.3. The van der Waals surface area contributed by atoms with Crippen LogP contribution in [-0.4, -0.2) is 4.98 Å². The second kappa shape index (κ2) is 4.51. The first-order valence-electron chi connectivity index (χ1n) is 9.13. The quantitative estimate of drug-likeness (QED) is 0.411. The Bertz CT molecular complexity index is 1670. The van der Waals surface area contributed by atoms with Crippen LogP contribution in [0.1, 0.15) is 0 Å². The first-order valence-corrected chi connectivity index (χ1v) is 9.13. The molecule has 0 unspecified atom stereocenters. The third-order valence-electron chi connectivity index (χ3n) is 5.71. The molecule has 0 saturated heterocycles. The Kier molecular flexibility index (Phi) is 2.25. The minimum atomic E-state index is 1.03. The van der Waals surface area contributed by atoms with Gasteiger partial charge in [-0.25, -0.2) is 9.98 Å². The average Bonchev–Trinajstić information content (AvgIpc) is 3.38. The van der Waals surface area contributed by atoms with Crippen LogP contribution in [-0.2, 0) is 0 Å². The van der Waals surface area contributed by atoms with Crippen molar-refractivity contribution in [3.63, 3.8) is 0 Å². The Morgan fingerprint density at radius 3 is 2.56 bits per heavy atom. The van der Waals surface area contributed by atoms with Gasteiger partial charge in [0, 0.05) is 37.9 Å². The molecule has 3 heterocycles. The minimum absolute atomic E-state index is 1.03. The maximum Gasteiger partial charge on any atom is 0.0838 e. The van der Waals surface area contributed by atoms with Gasteiger partial charge in [-0.3, -0.25) is 0 Å². The van der Waals surface area contributed by atoms with E-state index in [9.17, 15) is 0 Å². The summed E-state index contributed by atoms with van der Waals surface area (Å²) in [6.07, 6.45) is 0. The number of benzene rings is 4. The summed E-state index contributed by atoms with van der Waals surface area (Å²) in [4.78, 5) is 13.7.